The van der Waals surface area contributed by atoms with Crippen LogP contribution >= 0.6 is 15.6 Å². The molecule has 0 aliphatic carbocycles. The summed E-state index contributed by atoms with van der Waals surface area (Å²) in [5.74, 6) is 0.938. The second-order valence-corrected chi connectivity index (χ2v) is 34.0. The Morgan fingerprint density at radius 3 is 0.620 bits per heavy atom. The molecular formula is C81H158O17P2. The van der Waals surface area contributed by atoms with E-state index >= 15 is 0 Å². The van der Waals surface area contributed by atoms with E-state index in [-0.39, 0.29) is 25.7 Å². The maximum Gasteiger partial charge on any atom is 0.472 e. The van der Waals surface area contributed by atoms with Crippen LogP contribution in [0.3, 0.4) is 0 Å². The van der Waals surface area contributed by atoms with Crippen molar-refractivity contribution in [3.05, 3.63) is 0 Å². The molecule has 5 atom stereocenters. The van der Waals surface area contributed by atoms with E-state index in [2.05, 4.69) is 55.4 Å². The minimum atomic E-state index is -4.96. The van der Waals surface area contributed by atoms with Crippen LogP contribution in [0.25, 0.3) is 0 Å². The Bertz CT molecular complexity index is 1950. The lowest BCUT2D eigenvalue weighted by Crippen LogP contribution is -2.30. The number of rotatable bonds is 78. The van der Waals surface area contributed by atoms with Crippen LogP contribution in [-0.2, 0) is 65.4 Å². The zero-order valence-electron chi connectivity index (χ0n) is 65.8. The topological polar surface area (TPSA) is 237 Å². The fourth-order valence-electron chi connectivity index (χ4n) is 12.4. The van der Waals surface area contributed by atoms with Gasteiger partial charge in [0.05, 0.1) is 26.4 Å². The van der Waals surface area contributed by atoms with Gasteiger partial charge in [0.1, 0.15) is 19.3 Å². The van der Waals surface area contributed by atoms with Crippen molar-refractivity contribution in [1.29, 1.82) is 0 Å². The summed E-state index contributed by atoms with van der Waals surface area (Å²) in [5, 5.41) is 10.6. The molecule has 17 nitrogen and oxygen atoms in total. The Kier molecular flexibility index (Phi) is 68.7. The van der Waals surface area contributed by atoms with E-state index < -0.39 is 97.5 Å². The Morgan fingerprint density at radius 2 is 0.420 bits per heavy atom. The molecule has 3 N–H and O–H groups in total. The van der Waals surface area contributed by atoms with Gasteiger partial charge >= 0.3 is 39.5 Å². The smallest absolute Gasteiger partial charge is 0.462 e. The molecule has 100 heavy (non-hydrogen) atoms. The first kappa shape index (κ1) is 98.1. The number of phosphoric acid groups is 2. The molecule has 0 amide bonds. The lowest BCUT2D eigenvalue weighted by molar-refractivity contribution is -0.161. The third-order valence-corrected chi connectivity index (χ3v) is 20.7. The fraction of sp³-hybridized carbons (Fsp3) is 0.951. The van der Waals surface area contributed by atoms with Crippen LogP contribution < -0.4 is 0 Å². The Morgan fingerprint density at radius 1 is 0.250 bits per heavy atom. The number of carbonyl (C=O) groups excluding carboxylic acids is 4. The number of ether oxygens (including phenoxy) is 4. The average Bonchev–Trinajstić information content (AvgIpc) is 1.04. The molecule has 0 fully saturated rings. The van der Waals surface area contributed by atoms with Gasteiger partial charge in [0, 0.05) is 25.7 Å². The van der Waals surface area contributed by atoms with Crippen molar-refractivity contribution in [2.24, 2.45) is 23.7 Å². The van der Waals surface area contributed by atoms with Gasteiger partial charge in [0.2, 0.25) is 0 Å². The number of carbonyl (C=O) groups is 4. The van der Waals surface area contributed by atoms with E-state index in [1.165, 1.54) is 212 Å². The normalized spacial score (nSPS) is 14.0. The van der Waals surface area contributed by atoms with Crippen molar-refractivity contribution in [2.75, 3.05) is 39.6 Å². The molecular weight excluding hydrogens is 1310 g/mol. The molecule has 0 saturated carbocycles. The quantitative estimate of drug-likeness (QED) is 0.0222. The molecule has 0 aromatic carbocycles. The Labute approximate surface area is 613 Å². The predicted octanol–water partition coefficient (Wildman–Crippen LogP) is 24.0. The lowest BCUT2D eigenvalue weighted by atomic mass is 10.0. The summed E-state index contributed by atoms with van der Waals surface area (Å²) in [6.45, 7) is 14.2. The zero-order valence-corrected chi connectivity index (χ0v) is 67.6. The molecule has 0 aliphatic rings. The van der Waals surface area contributed by atoms with Crippen molar-refractivity contribution in [2.45, 2.75) is 433 Å². The first-order valence-electron chi connectivity index (χ1n) is 41.7. The van der Waals surface area contributed by atoms with Gasteiger partial charge in [-0.05, 0) is 49.4 Å². The van der Waals surface area contributed by atoms with Gasteiger partial charge in [-0.15, -0.1) is 0 Å². The molecule has 0 spiro atoms. The maximum atomic E-state index is 13.1. The van der Waals surface area contributed by atoms with Crippen LogP contribution in [-0.4, -0.2) is 96.7 Å². The minimum Gasteiger partial charge on any atom is -0.462 e. The van der Waals surface area contributed by atoms with Crippen LogP contribution in [0.15, 0.2) is 0 Å². The molecule has 19 heteroatoms. The summed E-state index contributed by atoms with van der Waals surface area (Å²) < 4.78 is 68.7. The van der Waals surface area contributed by atoms with Gasteiger partial charge in [-0.1, -0.05) is 364 Å². The monoisotopic (exact) mass is 1470 g/mol. The van der Waals surface area contributed by atoms with Crippen molar-refractivity contribution in [3.63, 3.8) is 0 Å². The first-order chi connectivity index (χ1) is 48.1. The van der Waals surface area contributed by atoms with E-state index in [1.54, 1.807) is 0 Å². The first-order valence-corrected chi connectivity index (χ1v) is 44.7. The highest BCUT2D eigenvalue weighted by molar-refractivity contribution is 7.47. The molecule has 0 saturated heterocycles. The van der Waals surface area contributed by atoms with Gasteiger partial charge in [-0.3, -0.25) is 37.3 Å². The van der Waals surface area contributed by atoms with Gasteiger partial charge in [0.25, 0.3) is 0 Å². The zero-order chi connectivity index (χ0) is 73.8. The van der Waals surface area contributed by atoms with Crippen molar-refractivity contribution in [3.8, 4) is 0 Å². The molecule has 0 heterocycles. The molecule has 594 valence electrons. The number of hydrogen-bond acceptors (Lipinski definition) is 15. The van der Waals surface area contributed by atoms with Crippen molar-refractivity contribution in [1.82, 2.24) is 0 Å². The molecule has 0 aliphatic heterocycles. The second kappa shape index (κ2) is 70.1. The molecule has 3 unspecified atom stereocenters. The highest BCUT2D eigenvalue weighted by atomic mass is 31.2. The van der Waals surface area contributed by atoms with E-state index in [9.17, 15) is 43.2 Å². The molecule has 0 aromatic heterocycles. The van der Waals surface area contributed by atoms with E-state index in [0.717, 1.165) is 114 Å². The number of aliphatic hydroxyl groups excluding tert-OH is 1. The molecule has 0 aromatic rings. The SMILES string of the molecule is CC(C)CCCCCCCCCCCCCCCCCCCCC(=O)O[C@H](COC(=O)CCCCCCCCCCC(C)C)COP(=O)(O)OCC(O)COP(=O)(O)OC[C@@H](COC(=O)CCCCCCCCCC(C)C)OC(=O)CCCCCCCCCCCCCCCCCC(C)C. The van der Waals surface area contributed by atoms with Crippen LogP contribution in [0, 0.1) is 23.7 Å². The van der Waals surface area contributed by atoms with E-state index in [1.807, 2.05) is 0 Å². The molecule has 0 radical (unpaired) electrons. The van der Waals surface area contributed by atoms with Crippen molar-refractivity contribution < 1.29 is 80.2 Å². The fourth-order valence-corrected chi connectivity index (χ4v) is 14.0. The number of hydrogen-bond donors (Lipinski definition) is 3. The third-order valence-electron chi connectivity index (χ3n) is 18.8. The van der Waals surface area contributed by atoms with E-state index in [0.29, 0.717) is 31.6 Å². The maximum absolute atomic E-state index is 13.1. The van der Waals surface area contributed by atoms with Crippen molar-refractivity contribution >= 4 is 39.5 Å². The molecule has 0 rings (SSSR count). The number of aliphatic hydroxyl groups is 1. The summed E-state index contributed by atoms with van der Waals surface area (Å²) in [6.07, 6.45) is 57.1. The summed E-state index contributed by atoms with van der Waals surface area (Å²) in [5.41, 5.74) is 0. The summed E-state index contributed by atoms with van der Waals surface area (Å²) in [6, 6.07) is 0. The van der Waals surface area contributed by atoms with Gasteiger partial charge in [-0.2, -0.15) is 0 Å². The summed E-state index contributed by atoms with van der Waals surface area (Å²) in [7, 11) is -9.92. The van der Waals surface area contributed by atoms with Gasteiger partial charge in [-0.25, -0.2) is 9.13 Å². The predicted molar refractivity (Wildman–Crippen MR) is 409 cm³/mol. The third kappa shape index (κ3) is 74.3. The molecule has 0 bridgehead atoms. The summed E-state index contributed by atoms with van der Waals surface area (Å²) in [4.78, 5) is 73.0. The van der Waals surface area contributed by atoms with Gasteiger partial charge in [0.15, 0.2) is 12.2 Å². The second-order valence-electron chi connectivity index (χ2n) is 31.1. The largest absolute Gasteiger partial charge is 0.472 e. The van der Waals surface area contributed by atoms with E-state index in [4.69, 9.17) is 37.0 Å². The standard InChI is InChI=1S/C81H158O17P2/c1-71(2)57-49-41-33-26-22-18-14-11-9-10-12-16-20-24-28-38-47-55-63-80(85)97-76(67-91-78(83)61-53-45-37-31-30-35-43-51-59-73(5)6)69-95-99(87,88)93-65-75(82)66-94-100(89,90)96-70-77(68-92-79(84)62-54-46-40-32-36-44-52-60-74(7)8)98-81(86)64-56-48-39-29-25-21-17-13-15-19-23-27-34-42-50-58-72(3)4/h71-77,82H,9-70H2,1-8H3,(H,87,88)(H,89,90)/t75?,76-,77-/m1/s1. The van der Waals surface area contributed by atoms with Crippen LogP contribution in [0.1, 0.15) is 415 Å². The highest BCUT2D eigenvalue weighted by Crippen LogP contribution is 2.45. The van der Waals surface area contributed by atoms with Crippen LogP contribution in [0.5, 0.6) is 0 Å². The lowest BCUT2D eigenvalue weighted by Gasteiger charge is -2.21. The Hall–Kier alpha value is -1.94. The van der Waals surface area contributed by atoms with Crippen LogP contribution in [0.2, 0.25) is 0 Å². The minimum absolute atomic E-state index is 0.107. The summed E-state index contributed by atoms with van der Waals surface area (Å²) >= 11 is 0. The Balaban J connectivity index is 5.18. The van der Waals surface area contributed by atoms with Gasteiger partial charge < -0.3 is 33.8 Å². The number of esters is 4. The number of unbranched alkanes of at least 4 members (excludes halogenated alkanes) is 44. The van der Waals surface area contributed by atoms with Crippen LogP contribution in [0.4, 0.5) is 0 Å². The highest BCUT2D eigenvalue weighted by Gasteiger charge is 2.30. The number of phosphoric ester groups is 2. The average molecular weight is 1470 g/mol.